The van der Waals surface area contributed by atoms with Gasteiger partial charge in [-0.1, -0.05) is 6.07 Å². The number of thiophene rings is 1. The third-order valence-electron chi connectivity index (χ3n) is 3.02. The second-order valence-electron chi connectivity index (χ2n) is 4.35. The summed E-state index contributed by atoms with van der Waals surface area (Å²) in [7, 11) is 1.34. The van der Waals surface area contributed by atoms with Crippen LogP contribution in [-0.2, 0) is 4.74 Å². The number of carbonyl (C=O) groups is 1. The Balaban J connectivity index is 2.30. The number of anilines is 1. The van der Waals surface area contributed by atoms with Crippen molar-refractivity contribution in [3.8, 4) is 11.5 Å². The molecule has 106 valence electrons. The second-order valence-corrected chi connectivity index (χ2v) is 5.57. The monoisotopic (exact) mass is 300 g/mol. The van der Waals surface area contributed by atoms with Crippen molar-refractivity contribution in [2.24, 2.45) is 0 Å². The summed E-state index contributed by atoms with van der Waals surface area (Å²) >= 11 is 1.38. The van der Waals surface area contributed by atoms with Gasteiger partial charge in [-0.3, -0.25) is 4.98 Å². The van der Waals surface area contributed by atoms with E-state index >= 15 is 0 Å². The van der Waals surface area contributed by atoms with Gasteiger partial charge in [-0.2, -0.15) is 0 Å². The summed E-state index contributed by atoms with van der Waals surface area (Å²) in [5, 5.41) is 0. The maximum atomic E-state index is 11.9. The first-order valence-electron chi connectivity index (χ1n) is 6.18. The summed E-state index contributed by atoms with van der Waals surface area (Å²) in [6, 6.07) is 5.43. The zero-order valence-corrected chi connectivity index (χ0v) is 12.3. The molecule has 0 aromatic carbocycles. The molecule has 0 bridgehead atoms. The van der Waals surface area contributed by atoms with E-state index in [0.717, 1.165) is 4.88 Å². The molecule has 2 N–H and O–H groups in total. The van der Waals surface area contributed by atoms with E-state index < -0.39 is 5.97 Å². The summed E-state index contributed by atoms with van der Waals surface area (Å²) in [5.41, 5.74) is 7.55. The second kappa shape index (κ2) is 5.10. The molecule has 0 radical (unpaired) electrons. The molecule has 0 aliphatic carbocycles. The molecule has 7 heteroatoms. The number of ether oxygens (including phenoxy) is 1. The predicted molar refractivity (Wildman–Crippen MR) is 81.1 cm³/mol. The smallest absolute Gasteiger partial charge is 0.341 e. The number of carbonyl (C=O) groups excluding carboxylic acids is 1. The van der Waals surface area contributed by atoms with Crippen LogP contribution in [0.5, 0.6) is 0 Å². The van der Waals surface area contributed by atoms with Crippen molar-refractivity contribution in [1.82, 2.24) is 15.0 Å². The quantitative estimate of drug-likeness (QED) is 0.731. The van der Waals surface area contributed by atoms with Crippen molar-refractivity contribution in [2.45, 2.75) is 6.92 Å². The predicted octanol–water partition coefficient (Wildman–Crippen LogP) is 2.43. The molecule has 3 rings (SSSR count). The third-order valence-corrected chi connectivity index (χ3v) is 4.14. The number of rotatable bonds is 2. The number of pyridine rings is 1. The van der Waals surface area contributed by atoms with Crippen molar-refractivity contribution in [1.29, 1.82) is 0 Å². The molecule has 0 spiro atoms. The number of methoxy groups -OCH3 is 1. The van der Waals surface area contributed by atoms with Gasteiger partial charge in [0.05, 0.1) is 17.4 Å². The van der Waals surface area contributed by atoms with Crippen LogP contribution in [0.1, 0.15) is 15.2 Å². The number of nitrogens with two attached hydrogens (primary N) is 1. The highest BCUT2D eigenvalue weighted by atomic mass is 32.1. The van der Waals surface area contributed by atoms with Gasteiger partial charge in [0, 0.05) is 11.1 Å². The molecule has 0 saturated carbocycles. The van der Waals surface area contributed by atoms with Crippen LogP contribution in [0.3, 0.4) is 0 Å². The highest BCUT2D eigenvalue weighted by molar-refractivity contribution is 7.20. The highest BCUT2D eigenvalue weighted by Gasteiger charge is 2.21. The molecule has 6 nitrogen and oxygen atoms in total. The molecule has 0 saturated heterocycles. The van der Waals surface area contributed by atoms with Gasteiger partial charge in [0.2, 0.25) is 0 Å². The van der Waals surface area contributed by atoms with Crippen LogP contribution in [0.15, 0.2) is 24.4 Å². The van der Waals surface area contributed by atoms with Gasteiger partial charge in [0.25, 0.3) is 0 Å². The first kappa shape index (κ1) is 13.4. The molecule has 0 atom stereocenters. The van der Waals surface area contributed by atoms with E-state index in [1.54, 1.807) is 18.3 Å². The van der Waals surface area contributed by atoms with E-state index in [4.69, 9.17) is 10.5 Å². The maximum Gasteiger partial charge on any atom is 0.341 e. The fourth-order valence-electron chi connectivity index (χ4n) is 2.06. The minimum atomic E-state index is -0.427. The summed E-state index contributed by atoms with van der Waals surface area (Å²) in [5.74, 6) is 0.302. The van der Waals surface area contributed by atoms with Gasteiger partial charge >= 0.3 is 5.97 Å². The molecule has 0 aliphatic rings. The van der Waals surface area contributed by atoms with Crippen LogP contribution in [-0.4, -0.2) is 28.0 Å². The Labute approximate surface area is 124 Å². The van der Waals surface area contributed by atoms with Crippen LogP contribution in [0.25, 0.3) is 21.7 Å². The SMILES string of the molecule is COC(=O)c1c(C)sc2c(N)nc(-c3ccccn3)nc12. The fourth-order valence-corrected chi connectivity index (χ4v) is 3.04. The lowest BCUT2D eigenvalue weighted by Crippen LogP contribution is -2.04. The average molecular weight is 300 g/mol. The van der Waals surface area contributed by atoms with Gasteiger partial charge in [-0.05, 0) is 19.1 Å². The van der Waals surface area contributed by atoms with E-state index in [1.165, 1.54) is 18.4 Å². The topological polar surface area (TPSA) is 91.0 Å². The highest BCUT2D eigenvalue weighted by Crippen LogP contribution is 2.34. The molecule has 3 aromatic heterocycles. The molecule has 0 amide bonds. The Morgan fingerprint density at radius 2 is 2.14 bits per heavy atom. The van der Waals surface area contributed by atoms with Gasteiger partial charge in [0.1, 0.15) is 17.0 Å². The third kappa shape index (κ3) is 2.21. The van der Waals surface area contributed by atoms with Crippen molar-refractivity contribution < 1.29 is 9.53 Å². The summed E-state index contributed by atoms with van der Waals surface area (Å²) in [4.78, 5) is 25.7. The Morgan fingerprint density at radius 3 is 2.81 bits per heavy atom. The summed E-state index contributed by atoms with van der Waals surface area (Å²) in [6.07, 6.45) is 1.65. The molecule has 0 aliphatic heterocycles. The van der Waals surface area contributed by atoms with Gasteiger partial charge < -0.3 is 10.5 Å². The van der Waals surface area contributed by atoms with Gasteiger partial charge in [-0.15, -0.1) is 11.3 Å². The Hall–Kier alpha value is -2.54. The number of hydrogen-bond donors (Lipinski definition) is 1. The van der Waals surface area contributed by atoms with E-state index in [9.17, 15) is 4.79 Å². The zero-order chi connectivity index (χ0) is 15.0. The van der Waals surface area contributed by atoms with Crippen molar-refractivity contribution >= 4 is 33.3 Å². The largest absolute Gasteiger partial charge is 0.465 e. The summed E-state index contributed by atoms with van der Waals surface area (Å²) < 4.78 is 5.51. The van der Waals surface area contributed by atoms with Crippen LogP contribution >= 0.6 is 11.3 Å². The molecule has 0 unspecified atom stereocenters. The molecule has 21 heavy (non-hydrogen) atoms. The first-order chi connectivity index (χ1) is 10.1. The molecular weight excluding hydrogens is 288 g/mol. The van der Waals surface area contributed by atoms with E-state index in [-0.39, 0.29) is 0 Å². The number of nitrogens with zero attached hydrogens (tertiary/aromatic N) is 3. The number of hydrogen-bond acceptors (Lipinski definition) is 7. The summed E-state index contributed by atoms with van der Waals surface area (Å²) in [6.45, 7) is 1.83. The number of esters is 1. The average Bonchev–Trinajstić information content (AvgIpc) is 2.84. The lowest BCUT2D eigenvalue weighted by Gasteiger charge is -2.03. The molecule has 3 heterocycles. The van der Waals surface area contributed by atoms with Gasteiger partial charge in [0.15, 0.2) is 5.82 Å². The lowest BCUT2D eigenvalue weighted by atomic mass is 10.2. The van der Waals surface area contributed by atoms with Crippen molar-refractivity contribution in [2.75, 3.05) is 12.8 Å². The number of aryl methyl sites for hydroxylation is 1. The van der Waals surface area contributed by atoms with Crippen LogP contribution in [0.2, 0.25) is 0 Å². The van der Waals surface area contributed by atoms with Gasteiger partial charge in [-0.25, -0.2) is 14.8 Å². The zero-order valence-electron chi connectivity index (χ0n) is 11.5. The fraction of sp³-hybridized carbons (Fsp3) is 0.143. The Bertz CT molecular complexity index is 830. The van der Waals surface area contributed by atoms with E-state index in [2.05, 4.69) is 15.0 Å². The number of fused-ring (bicyclic) bond motifs is 1. The maximum absolute atomic E-state index is 11.9. The van der Waals surface area contributed by atoms with Crippen LogP contribution in [0.4, 0.5) is 5.82 Å². The molecule has 3 aromatic rings. The van der Waals surface area contributed by atoms with E-state index in [0.29, 0.717) is 33.1 Å². The first-order valence-corrected chi connectivity index (χ1v) is 6.99. The van der Waals surface area contributed by atoms with Crippen molar-refractivity contribution in [3.05, 3.63) is 34.8 Å². The Kier molecular flexibility index (Phi) is 3.26. The molecular formula is C14H12N4O2S. The standard InChI is InChI=1S/C14H12N4O2S/c1-7-9(14(19)20-2)10-11(21-7)12(15)18-13(17-10)8-5-3-4-6-16-8/h3-6H,1-2H3,(H2,15,17,18). The Morgan fingerprint density at radius 1 is 1.33 bits per heavy atom. The minimum absolute atomic E-state index is 0.337. The minimum Gasteiger partial charge on any atom is -0.465 e. The van der Waals surface area contributed by atoms with E-state index in [1.807, 2.05) is 13.0 Å². The van der Waals surface area contributed by atoms with Crippen LogP contribution in [0, 0.1) is 6.92 Å². The lowest BCUT2D eigenvalue weighted by molar-refractivity contribution is 0.0602. The van der Waals surface area contributed by atoms with Crippen molar-refractivity contribution in [3.63, 3.8) is 0 Å². The number of nitrogen functional groups attached to an aromatic ring is 1. The van der Waals surface area contributed by atoms with Crippen LogP contribution < -0.4 is 5.73 Å². The molecule has 0 fully saturated rings. The number of aromatic nitrogens is 3. The normalized spacial score (nSPS) is 10.8.